The number of nitrogens with zero attached hydrogens (tertiary/aromatic N) is 1. The smallest absolute Gasteiger partial charge is 0.255 e. The largest absolute Gasteiger partial charge is 0.366 e. The van der Waals surface area contributed by atoms with Crippen LogP contribution < -0.4 is 21.3 Å². The third-order valence-corrected chi connectivity index (χ3v) is 4.81. The van der Waals surface area contributed by atoms with Gasteiger partial charge in [0.2, 0.25) is 11.8 Å². The Morgan fingerprint density at radius 3 is 2.58 bits per heavy atom. The van der Waals surface area contributed by atoms with Crippen LogP contribution in [0.3, 0.4) is 0 Å². The van der Waals surface area contributed by atoms with E-state index in [0.29, 0.717) is 22.5 Å². The van der Waals surface area contributed by atoms with E-state index in [9.17, 15) is 14.4 Å². The molecule has 2 aromatic carbocycles. The van der Waals surface area contributed by atoms with Gasteiger partial charge >= 0.3 is 0 Å². The highest BCUT2D eigenvalue weighted by molar-refractivity contribution is 6.09. The second-order valence-corrected chi connectivity index (χ2v) is 6.47. The fraction of sp³-hybridized carbons (Fsp3) is 0.211. The molecule has 0 aliphatic carbocycles. The van der Waals surface area contributed by atoms with Crippen LogP contribution in [0.1, 0.15) is 33.6 Å². The van der Waals surface area contributed by atoms with Gasteiger partial charge in [-0.05, 0) is 55.3 Å². The van der Waals surface area contributed by atoms with Gasteiger partial charge in [0, 0.05) is 23.4 Å². The zero-order valence-electron chi connectivity index (χ0n) is 14.0. The van der Waals surface area contributed by atoms with Gasteiger partial charge in [-0.25, -0.2) is 0 Å². The molecule has 4 N–H and O–H groups in total. The zero-order valence-corrected chi connectivity index (χ0v) is 14.0. The van der Waals surface area contributed by atoms with Gasteiger partial charge in [0.25, 0.3) is 5.91 Å². The molecular formula is C19H18N4O3. The van der Waals surface area contributed by atoms with Gasteiger partial charge in [0.1, 0.15) is 6.04 Å². The molecule has 3 amide bonds. The number of benzene rings is 2. The Kier molecular flexibility index (Phi) is 3.84. The lowest BCUT2D eigenvalue weighted by Gasteiger charge is -2.33. The summed E-state index contributed by atoms with van der Waals surface area (Å²) < 4.78 is 0. The summed E-state index contributed by atoms with van der Waals surface area (Å²) in [6, 6.07) is 11.6. The maximum Gasteiger partial charge on any atom is 0.255 e. The minimum atomic E-state index is -0.520. The number of nitrogens with two attached hydrogens (primary N) is 1. The van der Waals surface area contributed by atoms with Crippen molar-refractivity contribution in [3.05, 3.63) is 53.6 Å². The molecule has 4 rings (SSSR count). The molecule has 0 bridgehead atoms. The van der Waals surface area contributed by atoms with Gasteiger partial charge < -0.3 is 21.3 Å². The third kappa shape index (κ3) is 2.77. The number of hydrogen-bond acceptors (Lipinski definition) is 4. The van der Waals surface area contributed by atoms with E-state index in [0.717, 1.165) is 25.1 Å². The lowest BCUT2D eigenvalue weighted by molar-refractivity contribution is -0.117. The van der Waals surface area contributed by atoms with Crippen molar-refractivity contribution in [2.45, 2.75) is 18.9 Å². The van der Waals surface area contributed by atoms with Crippen molar-refractivity contribution in [3.63, 3.8) is 0 Å². The molecule has 0 unspecified atom stereocenters. The topological polar surface area (TPSA) is 105 Å². The Morgan fingerprint density at radius 1 is 1.12 bits per heavy atom. The van der Waals surface area contributed by atoms with Crippen LogP contribution in [0.25, 0.3) is 0 Å². The number of primary amides is 1. The van der Waals surface area contributed by atoms with Crippen LogP contribution in [0.5, 0.6) is 0 Å². The van der Waals surface area contributed by atoms with Crippen LogP contribution in [0.2, 0.25) is 0 Å². The number of carbonyl (C=O) groups is 3. The standard InChI is InChI=1S/C19H18N4O3/c20-17(24)11-3-6-13(7-4-11)21-18(25)12-5-8-15-14(10-12)22-19(26)16-2-1-9-23(15)16/h3-8,10,16H,1-2,9H2,(H2,20,24)(H,21,25)(H,22,26)/t16-/m0/s1. The summed E-state index contributed by atoms with van der Waals surface area (Å²) in [5.74, 6) is -0.833. The summed E-state index contributed by atoms with van der Waals surface area (Å²) in [6.07, 6.45) is 1.84. The fourth-order valence-corrected chi connectivity index (χ4v) is 3.49. The second-order valence-electron chi connectivity index (χ2n) is 6.47. The van der Waals surface area contributed by atoms with Crippen LogP contribution in [-0.2, 0) is 4.79 Å². The van der Waals surface area contributed by atoms with Gasteiger partial charge in [-0.2, -0.15) is 0 Å². The summed E-state index contributed by atoms with van der Waals surface area (Å²) in [4.78, 5) is 37.9. The van der Waals surface area contributed by atoms with Crippen LogP contribution >= 0.6 is 0 Å². The zero-order chi connectivity index (χ0) is 18.3. The first kappa shape index (κ1) is 16.1. The van der Waals surface area contributed by atoms with Crippen molar-refractivity contribution in [2.75, 3.05) is 22.1 Å². The number of nitrogens with one attached hydrogen (secondary N) is 2. The van der Waals surface area contributed by atoms with Crippen molar-refractivity contribution in [1.29, 1.82) is 0 Å². The number of rotatable bonds is 3. The summed E-state index contributed by atoms with van der Waals surface area (Å²) in [5, 5.41) is 5.67. The number of carbonyl (C=O) groups excluding carboxylic acids is 3. The molecule has 26 heavy (non-hydrogen) atoms. The van der Waals surface area contributed by atoms with E-state index in [1.807, 2.05) is 6.07 Å². The van der Waals surface area contributed by atoms with Crippen molar-refractivity contribution >= 4 is 34.8 Å². The molecule has 7 nitrogen and oxygen atoms in total. The average Bonchev–Trinajstić information content (AvgIpc) is 3.12. The average molecular weight is 350 g/mol. The van der Waals surface area contributed by atoms with E-state index in [1.165, 1.54) is 0 Å². The monoisotopic (exact) mass is 350 g/mol. The maximum atomic E-state index is 12.5. The van der Waals surface area contributed by atoms with E-state index in [-0.39, 0.29) is 17.9 Å². The quantitative estimate of drug-likeness (QED) is 0.787. The minimum absolute atomic E-state index is 0.0189. The van der Waals surface area contributed by atoms with Crippen molar-refractivity contribution in [3.8, 4) is 0 Å². The molecule has 2 aliphatic rings. The number of amides is 3. The Morgan fingerprint density at radius 2 is 1.85 bits per heavy atom. The number of anilines is 3. The lowest BCUT2D eigenvalue weighted by Crippen LogP contribution is -2.43. The van der Waals surface area contributed by atoms with Gasteiger partial charge in [0.15, 0.2) is 0 Å². The Bertz CT molecular complexity index is 908. The Hall–Kier alpha value is -3.35. The highest BCUT2D eigenvalue weighted by Gasteiger charge is 2.36. The molecule has 2 aliphatic heterocycles. The first-order chi connectivity index (χ1) is 12.5. The van der Waals surface area contributed by atoms with Crippen LogP contribution in [0, 0.1) is 0 Å². The molecule has 0 spiro atoms. The second kappa shape index (κ2) is 6.18. The molecule has 2 aromatic rings. The summed E-state index contributed by atoms with van der Waals surface area (Å²) >= 11 is 0. The van der Waals surface area contributed by atoms with Gasteiger partial charge in [-0.1, -0.05) is 0 Å². The fourth-order valence-electron chi connectivity index (χ4n) is 3.49. The Labute approximate surface area is 150 Å². The molecule has 0 radical (unpaired) electrons. The van der Waals surface area contributed by atoms with E-state index in [1.54, 1.807) is 36.4 Å². The highest BCUT2D eigenvalue weighted by Crippen LogP contribution is 2.37. The predicted molar refractivity (Wildman–Crippen MR) is 98.4 cm³/mol. The number of hydrogen-bond donors (Lipinski definition) is 3. The van der Waals surface area contributed by atoms with Gasteiger partial charge in [0.05, 0.1) is 11.4 Å². The van der Waals surface area contributed by atoms with Gasteiger partial charge in [-0.3, -0.25) is 14.4 Å². The summed E-state index contributed by atoms with van der Waals surface area (Å²) in [7, 11) is 0. The molecule has 1 saturated heterocycles. The minimum Gasteiger partial charge on any atom is -0.366 e. The molecule has 1 fully saturated rings. The maximum absolute atomic E-state index is 12.5. The van der Waals surface area contributed by atoms with E-state index in [2.05, 4.69) is 15.5 Å². The Balaban J connectivity index is 1.55. The molecule has 7 heteroatoms. The van der Waals surface area contributed by atoms with Crippen LogP contribution in [0.4, 0.5) is 17.1 Å². The summed E-state index contributed by atoms with van der Waals surface area (Å²) in [6.45, 7) is 0.850. The van der Waals surface area contributed by atoms with E-state index in [4.69, 9.17) is 5.73 Å². The normalized spacial score (nSPS) is 17.9. The lowest BCUT2D eigenvalue weighted by atomic mass is 10.1. The molecule has 132 valence electrons. The van der Waals surface area contributed by atoms with Crippen molar-refractivity contribution in [2.24, 2.45) is 5.73 Å². The predicted octanol–water partition coefficient (Wildman–Crippen LogP) is 1.96. The van der Waals surface area contributed by atoms with Crippen LogP contribution in [-0.4, -0.2) is 30.3 Å². The number of fused-ring (bicyclic) bond motifs is 3. The third-order valence-electron chi connectivity index (χ3n) is 4.81. The molecule has 0 aromatic heterocycles. The van der Waals surface area contributed by atoms with Crippen LogP contribution in [0.15, 0.2) is 42.5 Å². The molecular weight excluding hydrogens is 332 g/mol. The first-order valence-electron chi connectivity index (χ1n) is 8.46. The first-order valence-corrected chi connectivity index (χ1v) is 8.46. The highest BCUT2D eigenvalue weighted by atomic mass is 16.2. The molecule has 2 heterocycles. The SMILES string of the molecule is NC(=O)c1ccc(NC(=O)c2ccc3c(c2)NC(=O)[C@@H]2CCCN32)cc1. The van der Waals surface area contributed by atoms with Crippen molar-refractivity contribution in [1.82, 2.24) is 0 Å². The molecule has 0 saturated carbocycles. The summed E-state index contributed by atoms with van der Waals surface area (Å²) in [5.41, 5.74) is 8.19. The van der Waals surface area contributed by atoms with E-state index >= 15 is 0 Å². The van der Waals surface area contributed by atoms with E-state index < -0.39 is 5.91 Å². The van der Waals surface area contributed by atoms with Gasteiger partial charge in [-0.15, -0.1) is 0 Å². The molecule has 1 atom stereocenters. The van der Waals surface area contributed by atoms with Crippen molar-refractivity contribution < 1.29 is 14.4 Å².